The molecule has 21 heteroatoms. The van der Waals surface area contributed by atoms with Crippen LogP contribution in [0.5, 0.6) is 0 Å². The third-order valence-electron chi connectivity index (χ3n) is 9.14. The number of carboxylic acids is 1. The third-order valence-corrected chi connectivity index (χ3v) is 9.14. The van der Waals surface area contributed by atoms with Crippen molar-refractivity contribution in [2.24, 2.45) is 29.4 Å². The average molecular weight is 892 g/mol. The van der Waals surface area contributed by atoms with E-state index in [2.05, 4.69) is 31.9 Å². The minimum atomic E-state index is -1.39. The highest BCUT2D eigenvalue weighted by Gasteiger charge is 2.34. The number of nitrogens with one attached hydrogen (secondary N) is 6. The van der Waals surface area contributed by atoms with Gasteiger partial charge in [0.15, 0.2) is 0 Å². The Kier molecular flexibility index (Phi) is 30.6. The molecule has 6 amide bonds. The van der Waals surface area contributed by atoms with Crippen LogP contribution in [0.3, 0.4) is 0 Å². The molecule has 0 aliphatic rings. The molecular formula is C41H77N7O14. The van der Waals surface area contributed by atoms with E-state index in [1.54, 1.807) is 27.7 Å². The van der Waals surface area contributed by atoms with Crippen molar-refractivity contribution in [2.75, 3.05) is 65.9 Å². The first-order chi connectivity index (χ1) is 29.1. The molecule has 0 rings (SSSR count). The van der Waals surface area contributed by atoms with Gasteiger partial charge in [-0.3, -0.25) is 33.6 Å². The van der Waals surface area contributed by atoms with E-state index >= 15 is 0 Å². The Hall–Kier alpha value is -3.99. The predicted octanol–water partition coefficient (Wildman–Crippen LogP) is -1.44. The predicted molar refractivity (Wildman–Crippen MR) is 228 cm³/mol. The SMILES string of the molecule is CC(C)C[C@H](NC(=O)C(NC(=O)[C@@H](NC(=O)COCCOCCNC(=O)COCCOCCN)C(C)C)C(C)C)[C@@H](O)CC(=O)N[C@@H](C)C(=O)N[C@@H](CC(C)C)[C@@H](O)CC(=O)O. The van der Waals surface area contributed by atoms with Crippen LogP contribution in [0.25, 0.3) is 0 Å². The zero-order valence-electron chi connectivity index (χ0n) is 38.2. The zero-order valence-corrected chi connectivity index (χ0v) is 38.2. The normalized spacial score (nSPS) is 15.0. The molecule has 0 radical (unpaired) electrons. The van der Waals surface area contributed by atoms with Crippen molar-refractivity contribution in [3.8, 4) is 0 Å². The lowest BCUT2D eigenvalue weighted by atomic mass is 9.95. The summed E-state index contributed by atoms with van der Waals surface area (Å²) in [4.78, 5) is 88.7. The van der Waals surface area contributed by atoms with Gasteiger partial charge in [-0.15, -0.1) is 0 Å². The van der Waals surface area contributed by atoms with E-state index in [1.165, 1.54) is 6.92 Å². The molecule has 0 aromatic rings. The van der Waals surface area contributed by atoms with Crippen LogP contribution in [-0.4, -0.2) is 165 Å². The number of hydrogen-bond acceptors (Lipinski definition) is 14. The van der Waals surface area contributed by atoms with Crippen molar-refractivity contribution in [3.63, 3.8) is 0 Å². The molecule has 11 N–H and O–H groups in total. The van der Waals surface area contributed by atoms with E-state index in [0.717, 1.165) is 0 Å². The number of amides is 6. The summed E-state index contributed by atoms with van der Waals surface area (Å²) in [7, 11) is 0. The Labute approximate surface area is 366 Å². The molecule has 0 fully saturated rings. The van der Waals surface area contributed by atoms with Crippen LogP contribution in [0.15, 0.2) is 0 Å². The lowest BCUT2D eigenvalue weighted by Gasteiger charge is -2.31. The Balaban J connectivity index is 5.16. The fourth-order valence-electron chi connectivity index (χ4n) is 5.93. The van der Waals surface area contributed by atoms with E-state index < -0.39 is 96.7 Å². The van der Waals surface area contributed by atoms with E-state index in [-0.39, 0.29) is 76.3 Å². The monoisotopic (exact) mass is 892 g/mol. The van der Waals surface area contributed by atoms with Gasteiger partial charge in [-0.25, -0.2) is 0 Å². The van der Waals surface area contributed by atoms with Crippen LogP contribution in [-0.2, 0) is 52.5 Å². The number of ether oxygens (including phenoxy) is 4. The van der Waals surface area contributed by atoms with Gasteiger partial charge in [0.05, 0.1) is 76.8 Å². The van der Waals surface area contributed by atoms with Gasteiger partial charge in [-0.05, 0) is 43.4 Å². The Morgan fingerprint density at radius 2 is 0.968 bits per heavy atom. The molecule has 0 saturated carbocycles. The fraction of sp³-hybridized carbons (Fsp3) is 0.829. The van der Waals surface area contributed by atoms with E-state index in [4.69, 9.17) is 29.8 Å². The summed E-state index contributed by atoms with van der Waals surface area (Å²) in [6.07, 6.45) is -3.23. The number of aliphatic carboxylic acids is 1. The summed E-state index contributed by atoms with van der Waals surface area (Å²) in [6, 6.07) is -5.00. The van der Waals surface area contributed by atoms with Crippen LogP contribution in [0.2, 0.25) is 0 Å². The average Bonchev–Trinajstić information content (AvgIpc) is 3.16. The maximum absolute atomic E-state index is 13.7. The first-order valence-electron chi connectivity index (χ1n) is 21.4. The lowest BCUT2D eigenvalue weighted by Crippen LogP contribution is -2.59. The maximum atomic E-state index is 13.7. The van der Waals surface area contributed by atoms with E-state index in [9.17, 15) is 43.8 Å². The molecule has 1 unspecified atom stereocenters. The van der Waals surface area contributed by atoms with Crippen molar-refractivity contribution in [1.82, 2.24) is 31.9 Å². The Morgan fingerprint density at radius 3 is 1.47 bits per heavy atom. The first kappa shape index (κ1) is 58.0. The van der Waals surface area contributed by atoms with Crippen LogP contribution >= 0.6 is 0 Å². The fourth-order valence-corrected chi connectivity index (χ4v) is 5.93. The number of aliphatic hydroxyl groups is 2. The standard InChI is InChI=1S/C41H77N7O14/c1-24(2)18-29(31(49)20-33(51)44-28(9)39(56)45-30(19-25(3)4)32(50)21-36(54)55)46-40(57)38(27(7)8)48-41(58)37(26(5)6)47-35(53)23-62-17-15-60-13-11-43-34(52)22-61-16-14-59-12-10-42/h24-32,37-38,49-50H,10-23,42H2,1-9H3,(H,43,52)(H,44,51)(H,45,56)(H,46,57)(H,47,53)(H,48,58)(H,54,55)/t28-,29-,30-,31-,32-,37-,38?/m0/s1. The number of aliphatic hydroxyl groups excluding tert-OH is 2. The van der Waals surface area contributed by atoms with Crippen molar-refractivity contribution >= 4 is 41.4 Å². The molecule has 21 nitrogen and oxygen atoms in total. The number of carbonyl (C=O) groups excluding carboxylic acids is 6. The Morgan fingerprint density at radius 1 is 0.516 bits per heavy atom. The van der Waals surface area contributed by atoms with Gasteiger partial charge >= 0.3 is 5.97 Å². The van der Waals surface area contributed by atoms with E-state index in [0.29, 0.717) is 26.2 Å². The molecule has 360 valence electrons. The number of rotatable bonds is 35. The molecule has 0 spiro atoms. The highest BCUT2D eigenvalue weighted by molar-refractivity contribution is 5.93. The second-order valence-electron chi connectivity index (χ2n) is 16.7. The van der Waals surface area contributed by atoms with Crippen molar-refractivity contribution in [3.05, 3.63) is 0 Å². The highest BCUT2D eigenvalue weighted by atomic mass is 16.5. The summed E-state index contributed by atoms with van der Waals surface area (Å²) in [5, 5.41) is 46.5. The second-order valence-corrected chi connectivity index (χ2v) is 16.7. The third kappa shape index (κ3) is 27.2. The summed E-state index contributed by atoms with van der Waals surface area (Å²) in [5.74, 6) is -5.49. The Bertz CT molecular complexity index is 1350. The van der Waals surface area contributed by atoms with Gasteiger partial charge < -0.3 is 71.9 Å². The molecule has 0 aliphatic carbocycles. The number of nitrogens with two attached hydrogens (primary N) is 1. The lowest BCUT2D eigenvalue weighted by molar-refractivity contribution is -0.140. The van der Waals surface area contributed by atoms with Gasteiger partial charge in [0.25, 0.3) is 0 Å². The summed E-state index contributed by atoms with van der Waals surface area (Å²) in [5.41, 5.74) is 5.32. The molecule has 0 aliphatic heterocycles. The van der Waals surface area contributed by atoms with Gasteiger partial charge in [-0.1, -0.05) is 55.4 Å². The minimum absolute atomic E-state index is 0.0211. The van der Waals surface area contributed by atoms with Crippen LogP contribution in [0.1, 0.15) is 88.0 Å². The van der Waals surface area contributed by atoms with Gasteiger partial charge in [0.2, 0.25) is 35.4 Å². The van der Waals surface area contributed by atoms with Gasteiger partial charge in [0.1, 0.15) is 31.3 Å². The highest BCUT2D eigenvalue weighted by Crippen LogP contribution is 2.15. The van der Waals surface area contributed by atoms with Crippen molar-refractivity contribution < 1.29 is 67.8 Å². The molecule has 0 aromatic heterocycles. The summed E-state index contributed by atoms with van der Waals surface area (Å²) >= 11 is 0. The topological polar surface area (TPSA) is 315 Å². The van der Waals surface area contributed by atoms with E-state index in [1.807, 2.05) is 27.7 Å². The minimum Gasteiger partial charge on any atom is -0.481 e. The zero-order chi connectivity index (χ0) is 47.4. The molecule has 0 aromatic carbocycles. The molecular weight excluding hydrogens is 814 g/mol. The number of carboxylic acid groups (broad SMARTS) is 1. The first-order valence-corrected chi connectivity index (χ1v) is 21.4. The molecule has 7 atom stereocenters. The molecule has 0 bridgehead atoms. The van der Waals surface area contributed by atoms with Crippen molar-refractivity contribution in [1.29, 1.82) is 0 Å². The summed E-state index contributed by atoms with van der Waals surface area (Å²) in [6.45, 7) is 17.4. The quantitative estimate of drug-likeness (QED) is 0.0326. The number of hydrogen-bond donors (Lipinski definition) is 10. The maximum Gasteiger partial charge on any atom is 0.306 e. The number of carbonyl (C=O) groups is 7. The largest absolute Gasteiger partial charge is 0.481 e. The molecule has 0 saturated heterocycles. The van der Waals surface area contributed by atoms with Gasteiger partial charge in [0, 0.05) is 13.1 Å². The molecule has 0 heterocycles. The smallest absolute Gasteiger partial charge is 0.306 e. The van der Waals surface area contributed by atoms with Crippen LogP contribution < -0.4 is 37.6 Å². The van der Waals surface area contributed by atoms with Gasteiger partial charge in [-0.2, -0.15) is 0 Å². The summed E-state index contributed by atoms with van der Waals surface area (Å²) < 4.78 is 21.1. The van der Waals surface area contributed by atoms with Crippen LogP contribution in [0.4, 0.5) is 0 Å². The molecule has 62 heavy (non-hydrogen) atoms. The van der Waals surface area contributed by atoms with Crippen molar-refractivity contribution in [2.45, 2.75) is 130 Å². The van der Waals surface area contributed by atoms with Crippen LogP contribution in [0, 0.1) is 23.7 Å². The second kappa shape index (κ2) is 32.7.